The van der Waals surface area contributed by atoms with Crippen LogP contribution >= 0.6 is 0 Å². The van der Waals surface area contributed by atoms with Gasteiger partial charge in [0.1, 0.15) is 5.75 Å². The highest BCUT2D eigenvalue weighted by atomic mass is 16.6. The van der Waals surface area contributed by atoms with Crippen LogP contribution in [0.1, 0.15) is 12.0 Å². The standard InChI is InChI=1S/C19H19N3O5/c1-12-3-5-14(6-4-12)20-19(24)13-9-18(23)21(11-13)16-8-7-15(22(25)26)10-17(16)27-2/h3-8,10,13H,9,11H2,1-2H3,(H,20,24)/t13-/m0/s1. The smallest absolute Gasteiger partial charge is 0.273 e. The van der Waals surface area contributed by atoms with E-state index in [1.807, 2.05) is 19.1 Å². The van der Waals surface area contributed by atoms with Crippen LogP contribution in [0.3, 0.4) is 0 Å². The number of ether oxygens (including phenoxy) is 1. The monoisotopic (exact) mass is 369 g/mol. The number of methoxy groups -OCH3 is 1. The topological polar surface area (TPSA) is 102 Å². The number of amides is 2. The zero-order chi connectivity index (χ0) is 19.6. The van der Waals surface area contributed by atoms with E-state index in [4.69, 9.17) is 4.74 Å². The molecule has 1 fully saturated rings. The number of nitrogens with one attached hydrogen (secondary N) is 1. The van der Waals surface area contributed by atoms with Crippen molar-refractivity contribution in [3.05, 3.63) is 58.1 Å². The molecule has 3 rings (SSSR count). The Kier molecular flexibility index (Phi) is 5.07. The second-order valence-electron chi connectivity index (χ2n) is 6.37. The van der Waals surface area contributed by atoms with Crippen LogP contribution in [0.2, 0.25) is 0 Å². The number of carbonyl (C=O) groups is 2. The summed E-state index contributed by atoms with van der Waals surface area (Å²) in [6.07, 6.45) is 0.0673. The first-order chi connectivity index (χ1) is 12.9. The summed E-state index contributed by atoms with van der Waals surface area (Å²) < 4.78 is 5.20. The molecule has 2 aromatic carbocycles. The van der Waals surface area contributed by atoms with E-state index in [-0.39, 0.29) is 36.2 Å². The Hall–Kier alpha value is -3.42. The first kappa shape index (κ1) is 18.4. The number of anilines is 2. The third kappa shape index (κ3) is 3.89. The third-order valence-corrected chi connectivity index (χ3v) is 4.48. The van der Waals surface area contributed by atoms with Crippen LogP contribution < -0.4 is 15.0 Å². The molecule has 2 aromatic rings. The van der Waals surface area contributed by atoms with Crippen LogP contribution in [-0.4, -0.2) is 30.4 Å². The number of aryl methyl sites for hydroxylation is 1. The predicted octanol–water partition coefficient (Wildman–Crippen LogP) is 2.90. The maximum Gasteiger partial charge on any atom is 0.273 e. The van der Waals surface area contributed by atoms with Crippen LogP contribution in [0.15, 0.2) is 42.5 Å². The van der Waals surface area contributed by atoms with E-state index in [2.05, 4.69) is 5.32 Å². The summed E-state index contributed by atoms with van der Waals surface area (Å²) in [7, 11) is 1.38. The second-order valence-corrected chi connectivity index (χ2v) is 6.37. The molecule has 0 saturated carbocycles. The molecule has 8 nitrogen and oxygen atoms in total. The van der Waals surface area contributed by atoms with Gasteiger partial charge >= 0.3 is 0 Å². The van der Waals surface area contributed by atoms with Crippen molar-refractivity contribution in [3.63, 3.8) is 0 Å². The Labute approximate surface area is 155 Å². The number of carbonyl (C=O) groups excluding carboxylic acids is 2. The van der Waals surface area contributed by atoms with Gasteiger partial charge in [-0.25, -0.2) is 0 Å². The molecule has 140 valence electrons. The van der Waals surface area contributed by atoms with Crippen LogP contribution in [0.4, 0.5) is 17.1 Å². The first-order valence-corrected chi connectivity index (χ1v) is 8.39. The Bertz CT molecular complexity index is 895. The van der Waals surface area contributed by atoms with Gasteiger partial charge in [0.2, 0.25) is 11.8 Å². The van der Waals surface area contributed by atoms with E-state index < -0.39 is 10.8 Å². The summed E-state index contributed by atoms with van der Waals surface area (Å²) in [4.78, 5) is 36.8. The minimum Gasteiger partial charge on any atom is -0.494 e. The van der Waals surface area contributed by atoms with Gasteiger partial charge in [-0.3, -0.25) is 19.7 Å². The summed E-state index contributed by atoms with van der Waals surface area (Å²) in [5.74, 6) is -0.766. The number of nitrogens with zero attached hydrogens (tertiary/aromatic N) is 2. The molecule has 0 unspecified atom stereocenters. The first-order valence-electron chi connectivity index (χ1n) is 8.39. The Morgan fingerprint density at radius 3 is 2.59 bits per heavy atom. The Balaban J connectivity index is 1.76. The van der Waals surface area contributed by atoms with Gasteiger partial charge in [0, 0.05) is 24.7 Å². The molecule has 1 aliphatic rings. The molecule has 1 aliphatic heterocycles. The van der Waals surface area contributed by atoms with E-state index in [9.17, 15) is 19.7 Å². The van der Waals surface area contributed by atoms with Gasteiger partial charge in [0.15, 0.2) is 0 Å². The van der Waals surface area contributed by atoms with Crippen LogP contribution in [-0.2, 0) is 9.59 Å². The highest BCUT2D eigenvalue weighted by molar-refractivity contribution is 6.04. The average Bonchev–Trinajstić information content (AvgIpc) is 3.04. The normalized spacial score (nSPS) is 16.3. The predicted molar refractivity (Wildman–Crippen MR) is 99.9 cm³/mol. The van der Waals surface area contributed by atoms with Gasteiger partial charge in [-0.2, -0.15) is 0 Å². The molecule has 2 amide bonds. The molecule has 0 radical (unpaired) electrons. The fourth-order valence-electron chi connectivity index (χ4n) is 3.00. The van der Waals surface area contributed by atoms with Gasteiger partial charge in [0.05, 0.1) is 29.7 Å². The zero-order valence-electron chi connectivity index (χ0n) is 15.0. The minimum atomic E-state index is -0.532. The van der Waals surface area contributed by atoms with Crippen molar-refractivity contribution in [2.75, 3.05) is 23.9 Å². The maximum atomic E-state index is 12.5. The van der Waals surface area contributed by atoms with E-state index in [0.717, 1.165) is 5.56 Å². The van der Waals surface area contributed by atoms with Crippen molar-refractivity contribution in [2.24, 2.45) is 5.92 Å². The lowest BCUT2D eigenvalue weighted by Crippen LogP contribution is -2.28. The molecule has 8 heteroatoms. The highest BCUT2D eigenvalue weighted by Crippen LogP contribution is 2.36. The summed E-state index contributed by atoms with van der Waals surface area (Å²) in [6, 6.07) is 11.4. The second kappa shape index (κ2) is 7.45. The molecule has 1 heterocycles. The molecule has 0 aliphatic carbocycles. The number of hydrogen-bond acceptors (Lipinski definition) is 5. The van der Waals surface area contributed by atoms with E-state index in [1.165, 1.54) is 30.2 Å². The fraction of sp³-hybridized carbons (Fsp3) is 0.263. The molecule has 1 saturated heterocycles. The van der Waals surface area contributed by atoms with Crippen molar-refractivity contribution >= 4 is 28.9 Å². The molecular formula is C19H19N3O5. The van der Waals surface area contributed by atoms with Crippen molar-refractivity contribution in [1.29, 1.82) is 0 Å². The van der Waals surface area contributed by atoms with E-state index in [1.54, 1.807) is 12.1 Å². The molecule has 0 spiro atoms. The summed E-state index contributed by atoms with van der Waals surface area (Å²) in [5, 5.41) is 13.7. The quantitative estimate of drug-likeness (QED) is 0.645. The summed E-state index contributed by atoms with van der Waals surface area (Å²) in [6.45, 7) is 2.14. The molecule has 1 N–H and O–H groups in total. The van der Waals surface area contributed by atoms with Crippen LogP contribution in [0.25, 0.3) is 0 Å². The lowest BCUT2D eigenvalue weighted by molar-refractivity contribution is -0.384. The number of rotatable bonds is 5. The molecule has 0 bridgehead atoms. The zero-order valence-corrected chi connectivity index (χ0v) is 15.0. The SMILES string of the molecule is COc1cc([N+](=O)[O-])ccc1N1C[C@@H](C(=O)Nc2ccc(C)cc2)CC1=O. The molecule has 27 heavy (non-hydrogen) atoms. The van der Waals surface area contributed by atoms with Gasteiger partial charge in [0.25, 0.3) is 5.69 Å². The highest BCUT2D eigenvalue weighted by Gasteiger charge is 2.36. The van der Waals surface area contributed by atoms with Gasteiger partial charge in [-0.05, 0) is 25.1 Å². The van der Waals surface area contributed by atoms with Gasteiger partial charge in [-0.1, -0.05) is 17.7 Å². The van der Waals surface area contributed by atoms with Gasteiger partial charge in [-0.15, -0.1) is 0 Å². The third-order valence-electron chi connectivity index (χ3n) is 4.48. The van der Waals surface area contributed by atoms with Gasteiger partial charge < -0.3 is 15.0 Å². The number of nitro groups is 1. The Morgan fingerprint density at radius 1 is 1.26 bits per heavy atom. The average molecular weight is 369 g/mol. The van der Waals surface area contributed by atoms with Crippen molar-refractivity contribution in [1.82, 2.24) is 0 Å². The largest absolute Gasteiger partial charge is 0.494 e. The van der Waals surface area contributed by atoms with E-state index in [0.29, 0.717) is 11.4 Å². The summed E-state index contributed by atoms with van der Waals surface area (Å²) in [5.41, 5.74) is 2.04. The van der Waals surface area contributed by atoms with Crippen LogP contribution in [0, 0.1) is 23.0 Å². The van der Waals surface area contributed by atoms with Crippen molar-refractivity contribution in [3.8, 4) is 5.75 Å². The lowest BCUT2D eigenvalue weighted by Gasteiger charge is -2.19. The number of benzene rings is 2. The van der Waals surface area contributed by atoms with Crippen molar-refractivity contribution < 1.29 is 19.2 Å². The van der Waals surface area contributed by atoms with Crippen LogP contribution in [0.5, 0.6) is 5.75 Å². The molecule has 1 atom stereocenters. The lowest BCUT2D eigenvalue weighted by atomic mass is 10.1. The minimum absolute atomic E-state index is 0.0673. The Morgan fingerprint density at radius 2 is 1.96 bits per heavy atom. The fourth-order valence-corrected chi connectivity index (χ4v) is 3.00. The summed E-state index contributed by atoms with van der Waals surface area (Å²) >= 11 is 0. The number of non-ortho nitro benzene ring substituents is 1. The maximum absolute atomic E-state index is 12.5. The number of hydrogen-bond donors (Lipinski definition) is 1. The van der Waals surface area contributed by atoms with E-state index >= 15 is 0 Å². The number of nitro benzene ring substituents is 1. The molecule has 0 aromatic heterocycles. The van der Waals surface area contributed by atoms with Crippen molar-refractivity contribution in [2.45, 2.75) is 13.3 Å². The molecular weight excluding hydrogens is 350 g/mol.